The van der Waals surface area contributed by atoms with Gasteiger partial charge in [0.1, 0.15) is 12.7 Å². The van der Waals surface area contributed by atoms with Crippen molar-refractivity contribution in [2.75, 3.05) is 25.2 Å². The molecule has 0 bridgehead atoms. The lowest BCUT2D eigenvalue weighted by Crippen LogP contribution is -2.48. The van der Waals surface area contributed by atoms with E-state index >= 15 is 0 Å². The van der Waals surface area contributed by atoms with Gasteiger partial charge in [-0.05, 0) is 18.2 Å². The quantitative estimate of drug-likeness (QED) is 0.321. The third-order valence-electron chi connectivity index (χ3n) is 6.98. The summed E-state index contributed by atoms with van der Waals surface area (Å²) in [6.45, 7) is 1.99. The number of carbonyl (C=O) groups excluding carboxylic acids is 2. The molecule has 10 heteroatoms. The molecular weight excluding hydrogens is 506 g/mol. The molecule has 0 atom stereocenters. The summed E-state index contributed by atoms with van der Waals surface area (Å²) in [5.41, 5.74) is 6.82. The Hall–Kier alpha value is -5.09. The van der Waals surface area contributed by atoms with E-state index in [4.69, 9.17) is 9.72 Å². The molecule has 5 aromatic rings. The van der Waals surface area contributed by atoms with E-state index in [1.165, 1.54) is 13.4 Å². The summed E-state index contributed by atoms with van der Waals surface area (Å²) in [6.07, 6.45) is 2.55. The number of anilines is 1. The Morgan fingerprint density at radius 1 is 0.975 bits per heavy atom. The highest BCUT2D eigenvalue weighted by Gasteiger charge is 2.32. The van der Waals surface area contributed by atoms with Crippen molar-refractivity contribution in [2.24, 2.45) is 0 Å². The summed E-state index contributed by atoms with van der Waals surface area (Å²) in [5, 5.41) is 6.08. The molecule has 6 rings (SSSR count). The molecule has 200 valence electrons. The number of methoxy groups -OCH3 is 1. The van der Waals surface area contributed by atoms with Gasteiger partial charge in [-0.25, -0.2) is 19.4 Å². The highest BCUT2D eigenvalue weighted by Crippen LogP contribution is 2.33. The van der Waals surface area contributed by atoms with Gasteiger partial charge in [-0.3, -0.25) is 15.1 Å². The average Bonchev–Trinajstić information content (AvgIpc) is 3.51. The number of carbonyl (C=O) groups is 2. The summed E-state index contributed by atoms with van der Waals surface area (Å²) >= 11 is 0. The number of benzene rings is 3. The lowest BCUT2D eigenvalue weighted by atomic mass is 9.94. The first-order valence-corrected chi connectivity index (χ1v) is 12.9. The van der Waals surface area contributed by atoms with Gasteiger partial charge in [0.05, 0.1) is 35.6 Å². The first kappa shape index (κ1) is 25.2. The molecule has 1 N–H and O–H groups in total. The van der Waals surface area contributed by atoms with Crippen LogP contribution in [0.4, 0.5) is 10.5 Å². The second-order valence-electron chi connectivity index (χ2n) is 9.50. The summed E-state index contributed by atoms with van der Waals surface area (Å²) in [6, 6.07) is 26.4. The summed E-state index contributed by atoms with van der Waals surface area (Å²) in [7, 11) is 1.28. The summed E-state index contributed by atoms with van der Waals surface area (Å²) in [5.74, 6) is -0.437. The van der Waals surface area contributed by atoms with Crippen molar-refractivity contribution < 1.29 is 14.3 Å². The maximum atomic E-state index is 14.2. The first-order valence-electron chi connectivity index (χ1n) is 12.9. The molecule has 10 nitrogen and oxygen atoms in total. The largest absolute Gasteiger partial charge is 0.451 e. The predicted octanol–water partition coefficient (Wildman–Crippen LogP) is 4.47. The molecule has 0 spiro atoms. The minimum absolute atomic E-state index is 0.210. The summed E-state index contributed by atoms with van der Waals surface area (Å²) < 4.78 is 6.85. The van der Waals surface area contributed by atoms with Crippen LogP contribution in [0.5, 0.6) is 0 Å². The highest BCUT2D eigenvalue weighted by atomic mass is 16.5. The number of hydrogen-bond acceptors (Lipinski definition) is 7. The first-order chi connectivity index (χ1) is 19.6. The third-order valence-corrected chi connectivity index (χ3v) is 6.98. The molecule has 40 heavy (non-hydrogen) atoms. The fourth-order valence-corrected chi connectivity index (χ4v) is 5.01. The van der Waals surface area contributed by atoms with Gasteiger partial charge in [0.25, 0.3) is 5.91 Å². The number of likely N-dealkylation sites (tertiary alicyclic amines) is 1. The molecule has 3 heterocycles. The number of hydrogen-bond donors (Lipinski definition) is 1. The molecule has 1 saturated heterocycles. The van der Waals surface area contributed by atoms with Crippen molar-refractivity contribution in [3.63, 3.8) is 0 Å². The molecule has 3 aromatic carbocycles. The van der Waals surface area contributed by atoms with Crippen molar-refractivity contribution in [2.45, 2.75) is 12.6 Å². The van der Waals surface area contributed by atoms with E-state index in [0.717, 1.165) is 34.9 Å². The molecule has 1 aliphatic rings. The van der Waals surface area contributed by atoms with Crippen LogP contribution in [-0.4, -0.2) is 56.8 Å². The van der Waals surface area contributed by atoms with Crippen LogP contribution in [0.3, 0.4) is 0 Å². The number of ether oxygens (including phenoxy) is 1. The SMILES string of the molecule is COC(=O)N(NC(=O)c1c(CN2CC(n3cncn3)C2)c(-c2ccccc2)nc2ccccc12)c1ccccc1. The van der Waals surface area contributed by atoms with E-state index in [0.29, 0.717) is 28.7 Å². The molecule has 1 fully saturated rings. The number of nitrogens with zero attached hydrogens (tertiary/aromatic N) is 6. The third kappa shape index (κ3) is 4.87. The van der Waals surface area contributed by atoms with Crippen molar-refractivity contribution in [3.8, 4) is 11.3 Å². The Bertz CT molecular complexity index is 1640. The number of para-hydroxylation sites is 2. The van der Waals surface area contributed by atoms with Gasteiger partial charge in [0.15, 0.2) is 0 Å². The van der Waals surface area contributed by atoms with Crippen LogP contribution in [0.2, 0.25) is 0 Å². The number of hydrazine groups is 1. The van der Waals surface area contributed by atoms with Crippen molar-refractivity contribution in [1.82, 2.24) is 30.1 Å². The Morgan fingerprint density at radius 3 is 2.38 bits per heavy atom. The van der Waals surface area contributed by atoms with Crippen LogP contribution in [0, 0.1) is 0 Å². The average molecular weight is 534 g/mol. The van der Waals surface area contributed by atoms with E-state index in [9.17, 15) is 9.59 Å². The molecule has 0 saturated carbocycles. The number of rotatable bonds is 6. The van der Waals surface area contributed by atoms with Crippen LogP contribution in [0.25, 0.3) is 22.2 Å². The van der Waals surface area contributed by atoms with Gasteiger partial charge in [-0.15, -0.1) is 0 Å². The van der Waals surface area contributed by atoms with Gasteiger partial charge in [-0.2, -0.15) is 10.1 Å². The number of nitrogens with one attached hydrogen (secondary N) is 1. The zero-order chi connectivity index (χ0) is 27.5. The van der Waals surface area contributed by atoms with Crippen molar-refractivity contribution in [3.05, 3.63) is 109 Å². The molecular formula is C30H27N7O3. The van der Waals surface area contributed by atoms with Crippen LogP contribution < -0.4 is 10.4 Å². The minimum atomic E-state index is -0.707. The zero-order valence-corrected chi connectivity index (χ0v) is 21.8. The minimum Gasteiger partial charge on any atom is -0.451 e. The Balaban J connectivity index is 1.44. The van der Waals surface area contributed by atoms with Crippen LogP contribution in [0.15, 0.2) is 97.6 Å². The maximum Gasteiger partial charge on any atom is 0.433 e. The molecule has 2 amide bonds. The van der Waals surface area contributed by atoms with E-state index in [2.05, 4.69) is 20.4 Å². The molecule has 2 aromatic heterocycles. The van der Waals surface area contributed by atoms with E-state index < -0.39 is 12.0 Å². The van der Waals surface area contributed by atoms with Crippen LogP contribution >= 0.6 is 0 Å². The van der Waals surface area contributed by atoms with Crippen LogP contribution in [0.1, 0.15) is 22.0 Å². The van der Waals surface area contributed by atoms with Gasteiger partial charge < -0.3 is 4.74 Å². The fourth-order valence-electron chi connectivity index (χ4n) is 5.01. The normalized spacial score (nSPS) is 13.5. The Kier molecular flexibility index (Phi) is 6.90. The number of aromatic nitrogens is 4. The van der Waals surface area contributed by atoms with Gasteiger partial charge in [-0.1, -0.05) is 66.7 Å². The number of amides is 2. The molecule has 0 aliphatic carbocycles. The predicted molar refractivity (Wildman–Crippen MR) is 150 cm³/mol. The molecule has 0 unspecified atom stereocenters. The van der Waals surface area contributed by atoms with Gasteiger partial charge >= 0.3 is 6.09 Å². The zero-order valence-electron chi connectivity index (χ0n) is 21.8. The lowest BCUT2D eigenvalue weighted by molar-refractivity contribution is 0.0880. The second-order valence-corrected chi connectivity index (χ2v) is 9.50. The topological polar surface area (TPSA) is 105 Å². The second kappa shape index (κ2) is 11.0. The lowest BCUT2D eigenvalue weighted by Gasteiger charge is -2.39. The Morgan fingerprint density at radius 2 is 1.68 bits per heavy atom. The van der Waals surface area contributed by atoms with E-state index in [1.807, 2.05) is 65.3 Å². The van der Waals surface area contributed by atoms with E-state index in [-0.39, 0.29) is 6.04 Å². The van der Waals surface area contributed by atoms with Crippen molar-refractivity contribution in [1.29, 1.82) is 0 Å². The van der Waals surface area contributed by atoms with Crippen LogP contribution in [-0.2, 0) is 11.3 Å². The highest BCUT2D eigenvalue weighted by molar-refractivity contribution is 6.10. The monoisotopic (exact) mass is 533 g/mol. The fraction of sp³-hybridized carbons (Fsp3) is 0.167. The smallest absolute Gasteiger partial charge is 0.433 e. The molecule has 1 aliphatic heterocycles. The standard InChI is InChI=1S/C30H27N7O3/c1-40-30(39)37(22-12-6-3-7-13-22)34-29(38)27-24-14-8-9-15-26(24)33-28(21-10-4-2-5-11-21)25(27)18-35-16-23(17-35)36-20-31-19-32-36/h2-15,19-20,23H,16-18H2,1H3,(H,34,38). The summed E-state index contributed by atoms with van der Waals surface area (Å²) in [4.78, 5) is 38.3. The van der Waals surface area contributed by atoms with E-state index in [1.54, 1.807) is 30.6 Å². The Labute approximate surface area is 230 Å². The van der Waals surface area contributed by atoms with Crippen molar-refractivity contribution >= 4 is 28.6 Å². The maximum absolute atomic E-state index is 14.2. The van der Waals surface area contributed by atoms with Gasteiger partial charge in [0.2, 0.25) is 0 Å². The molecule has 0 radical (unpaired) electrons. The van der Waals surface area contributed by atoms with Gasteiger partial charge in [0, 0.05) is 36.1 Å². The number of fused-ring (bicyclic) bond motifs is 1. The number of pyridine rings is 1.